The summed E-state index contributed by atoms with van der Waals surface area (Å²) in [6, 6.07) is 10.1. The maximum Gasteiger partial charge on any atom is 0.257 e. The van der Waals surface area contributed by atoms with E-state index in [9.17, 15) is 9.59 Å². The van der Waals surface area contributed by atoms with E-state index in [0.29, 0.717) is 17.1 Å². The Hall–Kier alpha value is -1.75. The van der Waals surface area contributed by atoms with Gasteiger partial charge in [-0.05, 0) is 42.7 Å². The van der Waals surface area contributed by atoms with Gasteiger partial charge in [-0.3, -0.25) is 9.59 Å². The summed E-state index contributed by atoms with van der Waals surface area (Å²) in [5, 5.41) is 3.55. The molecule has 1 aromatic rings. The Morgan fingerprint density at radius 1 is 1.14 bits per heavy atom. The maximum atomic E-state index is 13.2. The zero-order chi connectivity index (χ0) is 21.0. The van der Waals surface area contributed by atoms with Crippen LogP contribution in [0.25, 0.3) is 6.08 Å². The topological polar surface area (TPSA) is 49.4 Å². The number of carbonyl (C=O) groups is 2. The molecule has 1 aromatic carbocycles. The number of nitrogens with zero attached hydrogens (tertiary/aromatic N) is 1. The largest absolute Gasteiger partial charge is 0.348 e. The van der Waals surface area contributed by atoms with Crippen LogP contribution in [0.3, 0.4) is 0 Å². The van der Waals surface area contributed by atoms with E-state index in [4.69, 9.17) is 0 Å². The summed E-state index contributed by atoms with van der Waals surface area (Å²) in [5.41, 5.74) is 1.05. The van der Waals surface area contributed by atoms with Crippen LogP contribution in [0.1, 0.15) is 52.5 Å². The van der Waals surface area contributed by atoms with Gasteiger partial charge in [0.25, 0.3) is 5.91 Å². The first kappa shape index (κ1) is 21.9. The van der Waals surface area contributed by atoms with E-state index < -0.39 is 0 Å². The molecule has 1 heterocycles. The number of hydrogen-bond donors (Lipinski definition) is 1. The van der Waals surface area contributed by atoms with Crippen molar-refractivity contribution in [2.24, 2.45) is 17.8 Å². The Kier molecular flexibility index (Phi) is 7.44. The standard InChI is InChI=1S/C24H34N2O2S/c1-16(2)14-26(15-17(3)4)24(28)19-10-11-21-20(13-19)25-23(27)22(29-21)12-18-8-6-5-7-9-18/h5-9,12,16-17,19-21H,10-11,13-15H2,1-4H3,(H,25,27)/b22-12-. The smallest absolute Gasteiger partial charge is 0.257 e. The lowest BCUT2D eigenvalue weighted by atomic mass is 9.83. The van der Waals surface area contributed by atoms with Gasteiger partial charge in [0, 0.05) is 30.3 Å². The zero-order valence-corrected chi connectivity index (χ0v) is 18.9. The normalized spacial score (nSPS) is 25.8. The molecule has 2 amide bonds. The average molecular weight is 415 g/mol. The van der Waals surface area contributed by atoms with E-state index in [0.717, 1.165) is 42.8 Å². The molecule has 0 spiro atoms. The molecule has 29 heavy (non-hydrogen) atoms. The average Bonchev–Trinajstić information content (AvgIpc) is 2.67. The fourth-order valence-electron chi connectivity index (χ4n) is 4.31. The number of nitrogens with one attached hydrogen (secondary N) is 1. The molecule has 3 rings (SSSR count). The molecule has 3 atom stereocenters. The van der Waals surface area contributed by atoms with Crippen LogP contribution in [0.4, 0.5) is 0 Å². The highest BCUT2D eigenvalue weighted by atomic mass is 32.2. The molecule has 2 aliphatic rings. The van der Waals surface area contributed by atoms with Gasteiger partial charge in [0.2, 0.25) is 5.91 Å². The first-order chi connectivity index (χ1) is 13.8. The van der Waals surface area contributed by atoms with Gasteiger partial charge in [-0.15, -0.1) is 11.8 Å². The number of rotatable bonds is 6. The summed E-state index contributed by atoms with van der Waals surface area (Å²) in [5.74, 6) is 1.22. The van der Waals surface area contributed by atoms with Crippen LogP contribution in [0, 0.1) is 17.8 Å². The Morgan fingerprint density at radius 2 is 1.79 bits per heavy atom. The number of carbonyl (C=O) groups excluding carboxylic acids is 2. The highest BCUT2D eigenvalue weighted by Crippen LogP contribution is 2.40. The molecular weight excluding hydrogens is 380 g/mol. The van der Waals surface area contributed by atoms with Gasteiger partial charge < -0.3 is 10.2 Å². The van der Waals surface area contributed by atoms with Crippen LogP contribution in [-0.2, 0) is 9.59 Å². The van der Waals surface area contributed by atoms with Gasteiger partial charge >= 0.3 is 0 Å². The fraction of sp³-hybridized carbons (Fsp3) is 0.583. The molecule has 0 radical (unpaired) electrons. The Labute approximate surface area is 179 Å². The molecule has 1 saturated heterocycles. The van der Waals surface area contributed by atoms with E-state index >= 15 is 0 Å². The Balaban J connectivity index is 1.65. The predicted molar refractivity (Wildman–Crippen MR) is 121 cm³/mol. The zero-order valence-electron chi connectivity index (χ0n) is 18.1. The van der Waals surface area contributed by atoms with Crippen molar-refractivity contribution in [1.29, 1.82) is 0 Å². The van der Waals surface area contributed by atoms with E-state index in [1.165, 1.54) is 0 Å². The fourth-order valence-corrected chi connectivity index (χ4v) is 5.60. The molecule has 4 nitrogen and oxygen atoms in total. The minimum atomic E-state index is -0.00517. The summed E-state index contributed by atoms with van der Waals surface area (Å²) >= 11 is 1.69. The maximum absolute atomic E-state index is 13.2. The quantitative estimate of drug-likeness (QED) is 0.694. The summed E-state index contributed by atoms with van der Waals surface area (Å²) in [6.45, 7) is 10.3. The van der Waals surface area contributed by atoms with Crippen LogP contribution in [-0.4, -0.2) is 41.1 Å². The van der Waals surface area contributed by atoms with Crippen LogP contribution >= 0.6 is 11.8 Å². The molecule has 1 aliphatic carbocycles. The Bertz CT molecular complexity index is 735. The first-order valence-electron chi connectivity index (χ1n) is 10.9. The lowest BCUT2D eigenvalue weighted by Crippen LogP contribution is -2.52. The van der Waals surface area contributed by atoms with Crippen molar-refractivity contribution < 1.29 is 9.59 Å². The second-order valence-electron chi connectivity index (χ2n) is 9.20. The van der Waals surface area contributed by atoms with Crippen molar-refractivity contribution in [3.05, 3.63) is 40.8 Å². The lowest BCUT2D eigenvalue weighted by molar-refractivity contribution is -0.138. The number of hydrogen-bond acceptors (Lipinski definition) is 3. The molecule has 0 bridgehead atoms. The molecule has 158 valence electrons. The SMILES string of the molecule is CC(C)CN(CC(C)C)C(=O)C1CCC2S/C(=C\c3ccccc3)C(=O)NC2C1. The monoisotopic (exact) mass is 414 g/mol. The minimum Gasteiger partial charge on any atom is -0.348 e. The Morgan fingerprint density at radius 3 is 2.41 bits per heavy atom. The third-order valence-corrected chi connectivity index (χ3v) is 6.96. The second-order valence-corrected chi connectivity index (χ2v) is 10.5. The summed E-state index contributed by atoms with van der Waals surface area (Å²) < 4.78 is 0. The van der Waals surface area contributed by atoms with Crippen molar-refractivity contribution in [2.45, 2.75) is 58.2 Å². The van der Waals surface area contributed by atoms with Gasteiger partial charge in [-0.1, -0.05) is 58.0 Å². The lowest BCUT2D eigenvalue weighted by Gasteiger charge is -2.41. The van der Waals surface area contributed by atoms with Gasteiger partial charge in [-0.2, -0.15) is 0 Å². The highest BCUT2D eigenvalue weighted by molar-refractivity contribution is 8.04. The summed E-state index contributed by atoms with van der Waals surface area (Å²) in [6.07, 6.45) is 4.61. The molecule has 5 heteroatoms. The van der Waals surface area contributed by atoms with Gasteiger partial charge in [-0.25, -0.2) is 0 Å². The number of benzene rings is 1. The van der Waals surface area contributed by atoms with Crippen molar-refractivity contribution in [1.82, 2.24) is 10.2 Å². The molecule has 1 N–H and O–H groups in total. The van der Waals surface area contributed by atoms with E-state index in [1.807, 2.05) is 36.4 Å². The minimum absolute atomic E-state index is 0.00517. The molecule has 0 aromatic heterocycles. The van der Waals surface area contributed by atoms with Crippen molar-refractivity contribution in [3.8, 4) is 0 Å². The summed E-state index contributed by atoms with van der Waals surface area (Å²) in [7, 11) is 0. The van der Waals surface area contributed by atoms with E-state index in [2.05, 4.69) is 37.9 Å². The van der Waals surface area contributed by atoms with Crippen molar-refractivity contribution in [3.63, 3.8) is 0 Å². The van der Waals surface area contributed by atoms with Gasteiger partial charge in [0.1, 0.15) is 0 Å². The summed E-state index contributed by atoms with van der Waals surface area (Å²) in [4.78, 5) is 28.7. The van der Waals surface area contributed by atoms with Gasteiger partial charge in [0.15, 0.2) is 0 Å². The van der Waals surface area contributed by atoms with Crippen LogP contribution in [0.2, 0.25) is 0 Å². The molecule has 1 aliphatic heterocycles. The van der Waals surface area contributed by atoms with Crippen LogP contribution in [0.15, 0.2) is 35.2 Å². The number of amides is 2. The second kappa shape index (κ2) is 9.84. The van der Waals surface area contributed by atoms with E-state index in [1.54, 1.807) is 11.8 Å². The third kappa shape index (κ3) is 5.88. The van der Waals surface area contributed by atoms with Crippen LogP contribution in [0.5, 0.6) is 0 Å². The van der Waals surface area contributed by atoms with Crippen molar-refractivity contribution >= 4 is 29.7 Å². The third-order valence-electron chi connectivity index (χ3n) is 5.53. The number of thioether (sulfide) groups is 1. The predicted octanol–water partition coefficient (Wildman–Crippen LogP) is 4.57. The first-order valence-corrected chi connectivity index (χ1v) is 11.7. The molecular formula is C24H34N2O2S. The van der Waals surface area contributed by atoms with Gasteiger partial charge in [0.05, 0.1) is 4.91 Å². The van der Waals surface area contributed by atoms with E-state index in [-0.39, 0.29) is 23.8 Å². The molecule has 1 saturated carbocycles. The molecule has 3 unspecified atom stereocenters. The van der Waals surface area contributed by atoms with Crippen molar-refractivity contribution in [2.75, 3.05) is 13.1 Å². The number of fused-ring (bicyclic) bond motifs is 1. The highest BCUT2D eigenvalue weighted by Gasteiger charge is 2.40. The molecule has 2 fully saturated rings. The van der Waals surface area contributed by atoms with Crippen LogP contribution < -0.4 is 5.32 Å².